The van der Waals surface area contributed by atoms with Gasteiger partial charge in [0.25, 0.3) is 10.0 Å². The van der Waals surface area contributed by atoms with Crippen LogP contribution >= 0.6 is 0 Å². The van der Waals surface area contributed by atoms with Gasteiger partial charge >= 0.3 is 0 Å². The number of likely N-dealkylation sites (N-methyl/N-ethyl adjacent to an activating group) is 1. The van der Waals surface area contributed by atoms with E-state index >= 15 is 0 Å². The molecule has 4 rings (SSSR count). The maximum atomic E-state index is 12.5. The number of sulfonamides is 1. The number of carbonyl (C=O) groups is 1. The molecular formula is C19H19N3O3S. The molecule has 1 heterocycles. The second kappa shape index (κ2) is 6.25. The Kier molecular flexibility index (Phi) is 4.03. The Labute approximate surface area is 152 Å². The van der Waals surface area contributed by atoms with Crippen molar-refractivity contribution in [1.82, 2.24) is 10.2 Å². The first-order valence-corrected chi connectivity index (χ1v) is 9.92. The van der Waals surface area contributed by atoms with Crippen LogP contribution in [0.4, 0.5) is 0 Å². The highest BCUT2D eigenvalue weighted by Gasteiger charge is 2.31. The molecule has 0 radical (unpaired) electrons. The third kappa shape index (κ3) is 2.88. The predicted octanol–water partition coefficient (Wildman–Crippen LogP) is 1.87. The molecule has 1 aliphatic heterocycles. The molecule has 2 aromatic carbocycles. The van der Waals surface area contributed by atoms with Crippen LogP contribution in [0.25, 0.3) is 0 Å². The van der Waals surface area contributed by atoms with E-state index in [0.29, 0.717) is 11.4 Å². The normalized spacial score (nSPS) is 19.4. The molecule has 6 nitrogen and oxygen atoms in total. The van der Waals surface area contributed by atoms with Crippen LogP contribution in [-0.2, 0) is 21.2 Å². The molecule has 1 N–H and O–H groups in total. The van der Waals surface area contributed by atoms with Crippen LogP contribution in [0.3, 0.4) is 0 Å². The molecule has 7 heteroatoms. The standard InChI is InChI=1S/C19H19N3O3S/c1-22(19-15-8-4-5-9-17(15)26(24,25)21-19)12-18(23)20-16-11-10-13-6-2-3-7-14(13)16/h2-9,16H,10-12H2,1H3,(H,20,23). The van der Waals surface area contributed by atoms with Gasteiger partial charge in [-0.2, -0.15) is 8.42 Å². The molecule has 1 unspecified atom stereocenters. The van der Waals surface area contributed by atoms with E-state index in [1.165, 1.54) is 11.6 Å². The number of benzene rings is 2. The van der Waals surface area contributed by atoms with E-state index < -0.39 is 10.0 Å². The Morgan fingerprint density at radius 2 is 1.92 bits per heavy atom. The van der Waals surface area contributed by atoms with Crippen molar-refractivity contribution in [3.63, 3.8) is 0 Å². The van der Waals surface area contributed by atoms with Crippen molar-refractivity contribution in [3.05, 3.63) is 65.2 Å². The van der Waals surface area contributed by atoms with E-state index in [-0.39, 0.29) is 23.4 Å². The average molecular weight is 369 g/mol. The van der Waals surface area contributed by atoms with Gasteiger partial charge in [0.2, 0.25) is 5.91 Å². The summed E-state index contributed by atoms with van der Waals surface area (Å²) in [6.07, 6.45) is 1.84. The zero-order valence-corrected chi connectivity index (χ0v) is 15.2. The Morgan fingerprint density at radius 1 is 1.19 bits per heavy atom. The molecule has 0 aromatic heterocycles. The zero-order valence-electron chi connectivity index (χ0n) is 14.3. The number of aryl methyl sites for hydroxylation is 1. The van der Waals surface area contributed by atoms with Crippen molar-refractivity contribution in [2.75, 3.05) is 13.6 Å². The van der Waals surface area contributed by atoms with Gasteiger partial charge in [-0.3, -0.25) is 4.79 Å². The summed E-state index contributed by atoms with van der Waals surface area (Å²) in [5.74, 6) is 0.154. The van der Waals surface area contributed by atoms with Gasteiger partial charge in [-0.25, -0.2) is 0 Å². The lowest BCUT2D eigenvalue weighted by molar-refractivity contribution is -0.122. The minimum Gasteiger partial charge on any atom is -0.349 e. The molecule has 26 heavy (non-hydrogen) atoms. The second-order valence-electron chi connectivity index (χ2n) is 6.60. The van der Waals surface area contributed by atoms with Crippen LogP contribution in [-0.4, -0.2) is 38.7 Å². The lowest BCUT2D eigenvalue weighted by Gasteiger charge is -2.20. The average Bonchev–Trinajstić information content (AvgIpc) is 3.14. The number of hydrogen-bond donors (Lipinski definition) is 1. The Morgan fingerprint density at radius 3 is 2.77 bits per heavy atom. The molecule has 0 bridgehead atoms. The monoisotopic (exact) mass is 369 g/mol. The Balaban J connectivity index is 1.48. The van der Waals surface area contributed by atoms with Gasteiger partial charge in [0.05, 0.1) is 12.6 Å². The SMILES string of the molecule is CN(CC(=O)NC1CCc2ccccc21)C1=NS(=O)(=O)c2ccccc21. The summed E-state index contributed by atoms with van der Waals surface area (Å²) < 4.78 is 28.2. The van der Waals surface area contributed by atoms with E-state index in [1.807, 2.05) is 18.2 Å². The van der Waals surface area contributed by atoms with Crippen molar-refractivity contribution in [2.24, 2.45) is 4.40 Å². The first-order valence-electron chi connectivity index (χ1n) is 8.48. The highest BCUT2D eigenvalue weighted by atomic mass is 32.2. The number of rotatable bonds is 3. The topological polar surface area (TPSA) is 78.8 Å². The molecule has 0 fully saturated rings. The van der Waals surface area contributed by atoms with Crippen molar-refractivity contribution in [1.29, 1.82) is 0 Å². The van der Waals surface area contributed by atoms with Gasteiger partial charge in [-0.1, -0.05) is 36.4 Å². The lowest BCUT2D eigenvalue weighted by atomic mass is 10.1. The summed E-state index contributed by atoms with van der Waals surface area (Å²) in [6, 6.07) is 14.8. The number of carbonyl (C=O) groups excluding carboxylic acids is 1. The molecule has 0 saturated carbocycles. The quantitative estimate of drug-likeness (QED) is 0.896. The second-order valence-corrected chi connectivity index (χ2v) is 8.17. The Hall–Kier alpha value is -2.67. The minimum absolute atomic E-state index is 0.00800. The van der Waals surface area contributed by atoms with Crippen LogP contribution in [0.15, 0.2) is 57.8 Å². The smallest absolute Gasteiger partial charge is 0.285 e. The van der Waals surface area contributed by atoms with Gasteiger partial charge in [0.15, 0.2) is 5.84 Å². The van der Waals surface area contributed by atoms with Gasteiger partial charge < -0.3 is 10.2 Å². The van der Waals surface area contributed by atoms with Crippen molar-refractivity contribution in [2.45, 2.75) is 23.8 Å². The maximum Gasteiger partial charge on any atom is 0.285 e. The third-order valence-corrected chi connectivity index (χ3v) is 6.15. The van der Waals surface area contributed by atoms with Gasteiger partial charge in [-0.05, 0) is 36.1 Å². The number of amides is 1. The molecule has 1 atom stereocenters. The van der Waals surface area contributed by atoms with Gasteiger partial charge in [0.1, 0.15) is 4.90 Å². The van der Waals surface area contributed by atoms with Crippen LogP contribution in [0.2, 0.25) is 0 Å². The van der Waals surface area contributed by atoms with Crippen LogP contribution in [0.1, 0.15) is 29.2 Å². The highest BCUT2D eigenvalue weighted by Crippen LogP contribution is 2.31. The Bertz CT molecular complexity index is 1010. The fourth-order valence-electron chi connectivity index (χ4n) is 3.60. The van der Waals surface area contributed by atoms with Crippen LogP contribution in [0.5, 0.6) is 0 Å². The molecular weight excluding hydrogens is 350 g/mol. The van der Waals surface area contributed by atoms with Gasteiger partial charge in [0, 0.05) is 12.6 Å². The summed E-state index contributed by atoms with van der Waals surface area (Å²) >= 11 is 0. The first-order chi connectivity index (χ1) is 12.5. The zero-order chi connectivity index (χ0) is 18.3. The molecule has 1 amide bonds. The van der Waals surface area contributed by atoms with Crippen LogP contribution < -0.4 is 5.32 Å². The maximum absolute atomic E-state index is 12.5. The number of hydrogen-bond acceptors (Lipinski definition) is 4. The van der Waals surface area contributed by atoms with Crippen molar-refractivity contribution >= 4 is 21.8 Å². The van der Waals surface area contributed by atoms with E-state index in [4.69, 9.17) is 0 Å². The fourth-order valence-corrected chi connectivity index (χ4v) is 4.85. The van der Waals surface area contributed by atoms with E-state index in [2.05, 4.69) is 15.8 Å². The third-order valence-electron chi connectivity index (χ3n) is 4.82. The molecule has 0 spiro atoms. The molecule has 134 valence electrons. The lowest BCUT2D eigenvalue weighted by Crippen LogP contribution is -2.39. The number of fused-ring (bicyclic) bond motifs is 2. The van der Waals surface area contributed by atoms with Crippen molar-refractivity contribution < 1.29 is 13.2 Å². The number of nitrogens with zero attached hydrogens (tertiary/aromatic N) is 2. The fraction of sp³-hybridized carbons (Fsp3) is 0.263. The van der Waals surface area contributed by atoms with Gasteiger partial charge in [-0.15, -0.1) is 4.40 Å². The van der Waals surface area contributed by atoms with E-state index in [1.54, 1.807) is 30.1 Å². The highest BCUT2D eigenvalue weighted by molar-refractivity contribution is 7.90. The number of amidine groups is 1. The summed E-state index contributed by atoms with van der Waals surface area (Å²) in [5, 5.41) is 3.05. The summed E-state index contributed by atoms with van der Waals surface area (Å²) in [6.45, 7) is 0.0430. The summed E-state index contributed by atoms with van der Waals surface area (Å²) in [5.41, 5.74) is 2.97. The number of nitrogens with one attached hydrogen (secondary N) is 1. The predicted molar refractivity (Wildman–Crippen MR) is 98.4 cm³/mol. The molecule has 2 aliphatic rings. The molecule has 1 aliphatic carbocycles. The molecule has 0 saturated heterocycles. The van der Waals surface area contributed by atoms with Crippen molar-refractivity contribution in [3.8, 4) is 0 Å². The summed E-state index contributed by atoms with van der Waals surface area (Å²) in [7, 11) is -2.00. The largest absolute Gasteiger partial charge is 0.349 e. The van der Waals surface area contributed by atoms with E-state index in [9.17, 15) is 13.2 Å². The minimum atomic E-state index is -3.68. The molecule has 2 aromatic rings. The van der Waals surface area contributed by atoms with E-state index in [0.717, 1.165) is 18.4 Å². The summed E-state index contributed by atoms with van der Waals surface area (Å²) in [4.78, 5) is 14.3. The first kappa shape index (κ1) is 16.8. The van der Waals surface area contributed by atoms with Crippen LogP contribution in [0, 0.1) is 0 Å².